The van der Waals surface area contributed by atoms with Crippen LogP contribution < -0.4 is 10.6 Å². The monoisotopic (exact) mass is 356 g/mol. The number of rotatable bonds is 1. The van der Waals surface area contributed by atoms with Gasteiger partial charge in [0.1, 0.15) is 5.82 Å². The molecule has 1 aliphatic heterocycles. The van der Waals surface area contributed by atoms with Gasteiger partial charge in [0.2, 0.25) is 5.91 Å². The summed E-state index contributed by atoms with van der Waals surface area (Å²) in [5, 5.41) is 10.2. The van der Waals surface area contributed by atoms with Crippen molar-refractivity contribution in [1.82, 2.24) is 25.0 Å². The number of anilines is 1. The van der Waals surface area contributed by atoms with E-state index in [1.54, 1.807) is 22.8 Å². The number of amides is 2. The zero-order chi connectivity index (χ0) is 18.4. The summed E-state index contributed by atoms with van der Waals surface area (Å²) >= 11 is 0. The number of nitrogens with zero attached hydrogens (tertiary/aromatic N) is 4. The Bertz CT molecular complexity index is 773. The Kier molecular flexibility index (Phi) is 5.83. The van der Waals surface area contributed by atoms with Crippen molar-refractivity contribution in [3.63, 3.8) is 0 Å². The van der Waals surface area contributed by atoms with Crippen LogP contribution in [0.4, 0.5) is 5.82 Å². The fourth-order valence-electron chi connectivity index (χ4n) is 2.90. The predicted octanol–water partition coefficient (Wildman–Crippen LogP) is 0.822. The highest BCUT2D eigenvalue weighted by molar-refractivity contribution is 5.96. The molecule has 0 saturated heterocycles. The van der Waals surface area contributed by atoms with Crippen LogP contribution in [0.1, 0.15) is 28.9 Å². The average Bonchev–Trinajstić information content (AvgIpc) is 3.06. The van der Waals surface area contributed by atoms with E-state index in [-0.39, 0.29) is 18.4 Å². The molecule has 0 aliphatic carbocycles. The molecular formula is C18H24N6O2. The second-order valence-electron chi connectivity index (χ2n) is 6.38. The summed E-state index contributed by atoms with van der Waals surface area (Å²) in [7, 11) is 1.76. The van der Waals surface area contributed by atoms with Crippen molar-refractivity contribution in [3.8, 4) is 0 Å². The fourth-order valence-corrected chi connectivity index (χ4v) is 2.90. The first-order valence-electron chi connectivity index (χ1n) is 8.86. The van der Waals surface area contributed by atoms with Crippen LogP contribution in [0, 0.1) is 0 Å². The molecule has 8 nitrogen and oxygen atoms in total. The zero-order valence-electron chi connectivity index (χ0n) is 14.9. The van der Waals surface area contributed by atoms with Crippen LogP contribution in [0.2, 0.25) is 0 Å². The van der Waals surface area contributed by atoms with E-state index in [1.807, 2.05) is 18.2 Å². The second kappa shape index (κ2) is 8.46. The molecule has 0 spiro atoms. The van der Waals surface area contributed by atoms with Gasteiger partial charge in [-0.25, -0.2) is 4.98 Å². The van der Waals surface area contributed by atoms with Gasteiger partial charge in [-0.1, -0.05) is 6.07 Å². The lowest BCUT2D eigenvalue weighted by atomic mass is 10.2. The van der Waals surface area contributed by atoms with E-state index >= 15 is 0 Å². The summed E-state index contributed by atoms with van der Waals surface area (Å²) < 4.78 is 1.58. The van der Waals surface area contributed by atoms with Crippen LogP contribution in [0.25, 0.3) is 0 Å². The minimum Gasteiger partial charge on any atom is -0.370 e. The number of carbonyl (C=O) groups is 2. The lowest BCUT2D eigenvalue weighted by Gasteiger charge is -2.22. The molecule has 0 aromatic carbocycles. The topological polar surface area (TPSA) is 92.2 Å². The van der Waals surface area contributed by atoms with Gasteiger partial charge in [0.25, 0.3) is 5.91 Å². The summed E-state index contributed by atoms with van der Waals surface area (Å²) in [4.78, 5) is 31.1. The summed E-state index contributed by atoms with van der Waals surface area (Å²) in [6.45, 7) is 1.82. The molecule has 3 heterocycles. The molecule has 1 aliphatic rings. The molecule has 0 saturated carbocycles. The van der Waals surface area contributed by atoms with E-state index in [0.717, 1.165) is 37.3 Å². The predicted molar refractivity (Wildman–Crippen MR) is 97.8 cm³/mol. The minimum absolute atomic E-state index is 0.0502. The van der Waals surface area contributed by atoms with Gasteiger partial charge in [-0.15, -0.1) is 0 Å². The van der Waals surface area contributed by atoms with Gasteiger partial charge in [-0.2, -0.15) is 5.10 Å². The van der Waals surface area contributed by atoms with Crippen LogP contribution in [0.15, 0.2) is 30.6 Å². The molecule has 0 radical (unpaired) electrons. The molecule has 2 bridgehead atoms. The highest BCUT2D eigenvalue weighted by atomic mass is 16.2. The molecule has 3 rings (SSSR count). The first-order valence-corrected chi connectivity index (χ1v) is 8.86. The Morgan fingerprint density at radius 1 is 1.19 bits per heavy atom. The van der Waals surface area contributed by atoms with Gasteiger partial charge < -0.3 is 15.5 Å². The highest BCUT2D eigenvalue weighted by Crippen LogP contribution is 2.10. The molecule has 2 N–H and O–H groups in total. The number of hydrogen-bond acceptors (Lipinski definition) is 5. The number of aromatic nitrogens is 3. The Balaban J connectivity index is 1.73. The summed E-state index contributed by atoms with van der Waals surface area (Å²) in [6.07, 6.45) is 5.46. The van der Waals surface area contributed by atoms with Crippen molar-refractivity contribution >= 4 is 17.6 Å². The van der Waals surface area contributed by atoms with E-state index < -0.39 is 0 Å². The largest absolute Gasteiger partial charge is 0.370 e. The van der Waals surface area contributed by atoms with Crippen LogP contribution in [0.3, 0.4) is 0 Å². The van der Waals surface area contributed by atoms with Gasteiger partial charge in [0.05, 0.1) is 18.3 Å². The summed E-state index contributed by atoms with van der Waals surface area (Å²) in [5.74, 6) is 0.522. The number of fused-ring (bicyclic) bond motifs is 2. The van der Waals surface area contributed by atoms with Crippen molar-refractivity contribution in [2.45, 2.75) is 19.3 Å². The molecule has 2 aromatic rings. The van der Waals surface area contributed by atoms with Crippen LogP contribution >= 0.6 is 0 Å². The van der Waals surface area contributed by atoms with E-state index in [0.29, 0.717) is 18.7 Å². The number of pyridine rings is 1. The van der Waals surface area contributed by atoms with Crippen molar-refractivity contribution < 1.29 is 9.59 Å². The second-order valence-corrected chi connectivity index (χ2v) is 6.38. The van der Waals surface area contributed by atoms with Gasteiger partial charge in [-0.05, 0) is 31.4 Å². The van der Waals surface area contributed by atoms with Gasteiger partial charge in [0, 0.05) is 38.6 Å². The third-order valence-electron chi connectivity index (χ3n) is 4.22. The van der Waals surface area contributed by atoms with Crippen LogP contribution in [-0.2, 0) is 18.3 Å². The van der Waals surface area contributed by atoms with Crippen molar-refractivity contribution in [2.24, 2.45) is 7.05 Å². The molecule has 8 heteroatoms. The third-order valence-corrected chi connectivity index (χ3v) is 4.22. The number of nitrogens with one attached hydrogen (secondary N) is 2. The highest BCUT2D eigenvalue weighted by Gasteiger charge is 2.20. The quantitative estimate of drug-likeness (QED) is 0.789. The van der Waals surface area contributed by atoms with Crippen LogP contribution in [-0.4, -0.2) is 57.7 Å². The molecule has 26 heavy (non-hydrogen) atoms. The maximum Gasteiger partial charge on any atom is 0.257 e. The van der Waals surface area contributed by atoms with E-state index in [4.69, 9.17) is 0 Å². The Morgan fingerprint density at radius 3 is 2.85 bits per heavy atom. The molecule has 0 unspecified atom stereocenters. The molecule has 0 atom stereocenters. The number of hydrogen-bond donors (Lipinski definition) is 2. The number of carbonyl (C=O) groups excluding carboxylic acids is 2. The molecule has 0 fully saturated rings. The van der Waals surface area contributed by atoms with Crippen molar-refractivity contribution in [3.05, 3.63) is 41.9 Å². The number of aryl methyl sites for hydroxylation is 2. The lowest BCUT2D eigenvalue weighted by molar-refractivity contribution is -0.121. The fraction of sp³-hybridized carbons (Fsp3) is 0.444. The first kappa shape index (κ1) is 17.9. The average molecular weight is 356 g/mol. The zero-order valence-corrected chi connectivity index (χ0v) is 14.9. The maximum atomic E-state index is 12.7. The molecular weight excluding hydrogens is 332 g/mol. The summed E-state index contributed by atoms with van der Waals surface area (Å²) in [6, 6.07) is 5.90. The van der Waals surface area contributed by atoms with Crippen molar-refractivity contribution in [2.75, 3.05) is 31.5 Å². The van der Waals surface area contributed by atoms with Gasteiger partial charge >= 0.3 is 0 Å². The molecule has 2 aromatic heterocycles. The molecule has 2 amide bonds. The SMILES string of the molecule is Cn1cc(C(=O)N2CCCc3cccc(n3)NCCCNC(=O)C2)cn1. The molecule has 138 valence electrons. The lowest BCUT2D eigenvalue weighted by Crippen LogP contribution is -2.41. The Hall–Kier alpha value is -2.90. The van der Waals surface area contributed by atoms with E-state index in [2.05, 4.69) is 20.7 Å². The Morgan fingerprint density at radius 2 is 2.04 bits per heavy atom. The maximum absolute atomic E-state index is 12.7. The third kappa shape index (κ3) is 4.81. The Labute approximate surface area is 152 Å². The normalized spacial score (nSPS) is 16.3. The summed E-state index contributed by atoms with van der Waals surface area (Å²) in [5.41, 5.74) is 1.47. The van der Waals surface area contributed by atoms with Gasteiger partial charge in [-0.3, -0.25) is 14.3 Å². The van der Waals surface area contributed by atoms with E-state index in [9.17, 15) is 9.59 Å². The van der Waals surface area contributed by atoms with Crippen molar-refractivity contribution in [1.29, 1.82) is 0 Å². The minimum atomic E-state index is -0.177. The smallest absolute Gasteiger partial charge is 0.257 e. The standard InChI is InChI=1S/C18H24N6O2/c1-23-12-14(11-21-23)18(26)24-10-3-6-15-5-2-7-16(22-15)19-8-4-9-20-17(25)13-24/h2,5,7,11-12H,3-4,6,8-10,13H2,1H3,(H,19,22)(H,20,25). The van der Waals surface area contributed by atoms with Crippen LogP contribution in [0.5, 0.6) is 0 Å². The van der Waals surface area contributed by atoms with E-state index in [1.165, 1.54) is 6.20 Å². The first-order chi connectivity index (χ1) is 12.6. The van der Waals surface area contributed by atoms with Gasteiger partial charge in [0.15, 0.2) is 0 Å².